The van der Waals surface area contributed by atoms with Crippen LogP contribution in [0.3, 0.4) is 0 Å². The summed E-state index contributed by atoms with van der Waals surface area (Å²) >= 11 is 0. The van der Waals surface area contributed by atoms with Gasteiger partial charge in [0.15, 0.2) is 0 Å². The van der Waals surface area contributed by atoms with Crippen molar-refractivity contribution < 1.29 is 0 Å². The lowest BCUT2D eigenvalue weighted by molar-refractivity contribution is 1.24. The molecule has 0 bridgehead atoms. The Kier molecular flexibility index (Phi) is 2.78. The molecule has 0 aromatic carbocycles. The van der Waals surface area contributed by atoms with Crippen LogP contribution in [0.15, 0.2) is 25.3 Å². The van der Waals surface area contributed by atoms with Crippen molar-refractivity contribution in [3.8, 4) is 0 Å². The van der Waals surface area contributed by atoms with Crippen LogP contribution in [-0.2, 0) is 0 Å². The summed E-state index contributed by atoms with van der Waals surface area (Å²) in [7, 11) is -1.55. The molecule has 12 heavy (non-hydrogen) atoms. The van der Waals surface area contributed by atoms with Gasteiger partial charge < -0.3 is 0 Å². The van der Waals surface area contributed by atoms with Gasteiger partial charge >= 0.3 is 0 Å². The van der Waals surface area contributed by atoms with E-state index >= 15 is 0 Å². The van der Waals surface area contributed by atoms with E-state index in [4.69, 9.17) is 0 Å². The van der Waals surface area contributed by atoms with Crippen molar-refractivity contribution in [3.63, 3.8) is 0 Å². The maximum Gasteiger partial charge on any atom is 0.0558 e. The van der Waals surface area contributed by atoms with Gasteiger partial charge in [-0.1, -0.05) is 36.6 Å². The number of allylic oxidation sites excluding steroid dienone is 2. The molecule has 1 aliphatic rings. The molecule has 0 radical (unpaired) electrons. The Labute approximate surface area is 78.4 Å². The zero-order valence-electron chi connectivity index (χ0n) is 8.40. The molecule has 0 unspecified atom stereocenters. The minimum absolute atomic E-state index is 0.694. The summed E-state index contributed by atoms with van der Waals surface area (Å²) in [6.45, 7) is 12.8. The van der Waals surface area contributed by atoms with E-state index in [0.717, 1.165) is 0 Å². The third-order valence-electron chi connectivity index (χ3n) is 2.86. The van der Waals surface area contributed by atoms with Crippen molar-refractivity contribution >= 4 is 16.1 Å². The van der Waals surface area contributed by atoms with E-state index < -0.39 is 16.1 Å². The van der Waals surface area contributed by atoms with E-state index in [1.807, 2.05) is 0 Å². The Morgan fingerprint density at radius 3 is 1.75 bits per heavy atom. The van der Waals surface area contributed by atoms with Gasteiger partial charge in [-0.2, -0.15) is 0 Å². The topological polar surface area (TPSA) is 0 Å². The quantitative estimate of drug-likeness (QED) is 0.476. The molecule has 0 aromatic rings. The van der Waals surface area contributed by atoms with Crippen molar-refractivity contribution in [2.75, 3.05) is 0 Å². The summed E-state index contributed by atoms with van der Waals surface area (Å²) in [5.41, 5.74) is 3.22. The summed E-state index contributed by atoms with van der Waals surface area (Å²) < 4.78 is 0. The lowest BCUT2D eigenvalue weighted by Crippen LogP contribution is -2.58. The molecule has 0 atom stereocenters. The van der Waals surface area contributed by atoms with Crippen molar-refractivity contribution in [1.29, 1.82) is 0 Å². The fourth-order valence-corrected chi connectivity index (χ4v) is 22.5. The molecule has 1 saturated heterocycles. The predicted octanol–water partition coefficient (Wildman–Crippen LogP) is 3.61. The van der Waals surface area contributed by atoms with E-state index in [2.05, 4.69) is 38.4 Å². The Morgan fingerprint density at radius 2 is 1.50 bits per heavy atom. The van der Waals surface area contributed by atoms with Crippen molar-refractivity contribution in [2.24, 2.45) is 0 Å². The second-order valence-corrected chi connectivity index (χ2v) is 16.0. The molecule has 0 aliphatic carbocycles. The zero-order valence-corrected chi connectivity index (χ0v) is 10.4. The van der Waals surface area contributed by atoms with Gasteiger partial charge in [0, 0.05) is 8.07 Å². The molecule has 68 valence electrons. The minimum atomic E-state index is -0.853. The van der Waals surface area contributed by atoms with Gasteiger partial charge in [0.05, 0.1) is 8.07 Å². The molecule has 1 aliphatic heterocycles. The summed E-state index contributed by atoms with van der Waals surface area (Å²) in [4.78, 5) is 0. The lowest BCUT2D eigenvalue weighted by Gasteiger charge is -2.50. The second kappa shape index (κ2) is 3.34. The molecule has 1 rings (SSSR count). The van der Waals surface area contributed by atoms with Gasteiger partial charge in [0.2, 0.25) is 0 Å². The van der Waals surface area contributed by atoms with Gasteiger partial charge in [0.25, 0.3) is 0 Å². The first kappa shape index (κ1) is 10.00. The smallest absolute Gasteiger partial charge is 0.0558 e. The minimum Gasteiger partial charge on any atom is -0.103 e. The fraction of sp³-hybridized carbons (Fsp3) is 0.600. The first-order chi connectivity index (χ1) is 5.54. The summed E-state index contributed by atoms with van der Waals surface area (Å²) in [6.07, 6.45) is 4.28. The highest BCUT2D eigenvalue weighted by molar-refractivity contribution is 7.13. The van der Waals surface area contributed by atoms with Crippen LogP contribution in [0.5, 0.6) is 0 Å². The highest BCUT2D eigenvalue weighted by atomic mass is 28.5. The zero-order chi connectivity index (χ0) is 9.24. The fourth-order valence-electron chi connectivity index (χ4n) is 2.96. The molecule has 1 fully saturated rings. The molecular formula is C10H20Si2. The molecule has 0 amide bonds. The molecule has 2 heteroatoms. The van der Waals surface area contributed by atoms with Crippen LogP contribution >= 0.6 is 0 Å². The Morgan fingerprint density at radius 1 is 1.08 bits per heavy atom. The van der Waals surface area contributed by atoms with Crippen LogP contribution in [0.1, 0.15) is 0 Å². The van der Waals surface area contributed by atoms with Crippen LogP contribution in [0.2, 0.25) is 36.5 Å². The maximum absolute atomic E-state index is 3.87. The first-order valence-corrected chi connectivity index (χ1v) is 11.0. The van der Waals surface area contributed by atoms with E-state index in [1.54, 1.807) is 11.3 Å². The summed E-state index contributed by atoms with van der Waals surface area (Å²) in [5, 5.41) is 0. The standard InChI is InChI=1S/C10H20Si2/c1-5-7-12(8-6-2)9-11(3,4)10-12/h5-6H,1-2,7-10H2,3-4H3. The molecule has 0 N–H and O–H groups in total. The van der Waals surface area contributed by atoms with Crippen molar-refractivity contribution in [2.45, 2.75) is 36.5 Å². The molecule has 0 saturated carbocycles. The monoisotopic (exact) mass is 196 g/mol. The van der Waals surface area contributed by atoms with E-state index in [9.17, 15) is 0 Å². The Balaban J connectivity index is 2.54. The van der Waals surface area contributed by atoms with Gasteiger partial charge in [0.1, 0.15) is 0 Å². The van der Waals surface area contributed by atoms with Crippen LogP contribution in [0, 0.1) is 0 Å². The first-order valence-electron chi connectivity index (χ1n) is 4.75. The molecular weight excluding hydrogens is 176 g/mol. The predicted molar refractivity (Wildman–Crippen MR) is 62.9 cm³/mol. The highest BCUT2D eigenvalue weighted by Gasteiger charge is 2.49. The Bertz CT molecular complexity index is 174. The molecule has 1 heterocycles. The number of hydrogen-bond donors (Lipinski definition) is 0. The number of hydrogen-bond acceptors (Lipinski definition) is 0. The third kappa shape index (κ3) is 1.99. The highest BCUT2D eigenvalue weighted by Crippen LogP contribution is 2.45. The third-order valence-corrected chi connectivity index (χ3v) is 18.8. The van der Waals surface area contributed by atoms with Gasteiger partial charge in [-0.15, -0.1) is 13.2 Å². The van der Waals surface area contributed by atoms with Gasteiger partial charge in [-0.3, -0.25) is 0 Å². The SMILES string of the molecule is C=CC[Si]1(CC=C)C[Si](C)(C)C1. The van der Waals surface area contributed by atoms with E-state index in [0.29, 0.717) is 0 Å². The van der Waals surface area contributed by atoms with Crippen molar-refractivity contribution in [3.05, 3.63) is 25.3 Å². The average molecular weight is 196 g/mol. The van der Waals surface area contributed by atoms with Crippen LogP contribution < -0.4 is 0 Å². The normalized spacial score (nSPS) is 24.2. The maximum atomic E-state index is 3.87. The number of rotatable bonds is 4. The van der Waals surface area contributed by atoms with E-state index in [-0.39, 0.29) is 0 Å². The molecule has 0 spiro atoms. The largest absolute Gasteiger partial charge is 0.103 e. The average Bonchev–Trinajstić information content (AvgIpc) is 1.83. The van der Waals surface area contributed by atoms with E-state index in [1.165, 1.54) is 12.1 Å². The second-order valence-electron chi connectivity index (χ2n) is 5.00. The van der Waals surface area contributed by atoms with Crippen LogP contribution in [0.25, 0.3) is 0 Å². The molecule has 0 nitrogen and oxygen atoms in total. The molecule has 0 aromatic heterocycles. The van der Waals surface area contributed by atoms with Crippen molar-refractivity contribution in [1.82, 2.24) is 0 Å². The van der Waals surface area contributed by atoms with Gasteiger partial charge in [-0.05, 0) is 12.1 Å². The Hall–Kier alpha value is -0.0862. The lowest BCUT2D eigenvalue weighted by atomic mass is 10.7. The van der Waals surface area contributed by atoms with Crippen LogP contribution in [-0.4, -0.2) is 16.1 Å². The van der Waals surface area contributed by atoms with Crippen LogP contribution in [0.4, 0.5) is 0 Å². The summed E-state index contributed by atoms with van der Waals surface area (Å²) in [6, 6.07) is 2.66. The summed E-state index contributed by atoms with van der Waals surface area (Å²) in [5.74, 6) is 0. The van der Waals surface area contributed by atoms with Gasteiger partial charge in [-0.25, -0.2) is 0 Å².